The van der Waals surface area contributed by atoms with E-state index in [2.05, 4.69) is 35.5 Å². The molecule has 1 aliphatic heterocycles. The van der Waals surface area contributed by atoms with Crippen LogP contribution in [-0.4, -0.2) is 52.1 Å². The second-order valence-electron chi connectivity index (χ2n) is 6.65. The van der Waals surface area contributed by atoms with Crippen molar-refractivity contribution in [3.05, 3.63) is 56.7 Å². The Kier molecular flexibility index (Phi) is 8.19. The lowest BCUT2D eigenvalue weighted by atomic mass is 9.97. The summed E-state index contributed by atoms with van der Waals surface area (Å²) in [5, 5.41) is 20.6. The number of carbonyl (C=O) groups is 3. The molecule has 1 aromatic carbocycles. The molecule has 1 aromatic heterocycles. The molecule has 156 valence electrons. The van der Waals surface area contributed by atoms with Crippen molar-refractivity contribution in [1.29, 1.82) is 0 Å². The Bertz CT molecular complexity index is 856. The normalized spacial score (nSPS) is 18.2. The largest absolute Gasteiger partial charge is 0.473 e. The summed E-state index contributed by atoms with van der Waals surface area (Å²) in [5.41, 5.74) is 2.13. The van der Waals surface area contributed by atoms with E-state index in [1.807, 2.05) is 11.3 Å². The summed E-state index contributed by atoms with van der Waals surface area (Å²) >= 11 is 7.68. The number of fused-ring (bicyclic) bond motifs is 1. The highest BCUT2D eigenvalue weighted by molar-refractivity contribution is 7.10. The zero-order valence-electron chi connectivity index (χ0n) is 16.1. The van der Waals surface area contributed by atoms with Crippen LogP contribution in [0.25, 0.3) is 0 Å². The fraction of sp³-hybridized carbons (Fsp3) is 0.350. The number of nitrogens with one attached hydrogen (secondary N) is 1. The summed E-state index contributed by atoms with van der Waals surface area (Å²) in [6, 6.07) is 10.1. The average molecular weight is 439 g/mol. The van der Waals surface area contributed by atoms with Gasteiger partial charge >= 0.3 is 11.9 Å². The molecular formula is C20H23ClN2O5S. The molecule has 3 N–H and O–H groups in total. The summed E-state index contributed by atoms with van der Waals surface area (Å²) in [7, 11) is 0. The second kappa shape index (κ2) is 10.4. The van der Waals surface area contributed by atoms with Gasteiger partial charge in [0.15, 0.2) is 0 Å². The van der Waals surface area contributed by atoms with E-state index in [9.17, 15) is 4.79 Å². The van der Waals surface area contributed by atoms with Crippen molar-refractivity contribution in [2.24, 2.45) is 0 Å². The number of amides is 1. The molecule has 0 aliphatic carbocycles. The van der Waals surface area contributed by atoms with Gasteiger partial charge in [0.2, 0.25) is 0 Å². The molecule has 1 amide bonds. The molecule has 29 heavy (non-hydrogen) atoms. The van der Waals surface area contributed by atoms with Gasteiger partial charge in [0, 0.05) is 40.6 Å². The Labute approximate surface area is 177 Å². The van der Waals surface area contributed by atoms with Gasteiger partial charge in [0.25, 0.3) is 5.91 Å². The zero-order valence-corrected chi connectivity index (χ0v) is 17.7. The van der Waals surface area contributed by atoms with Crippen LogP contribution < -0.4 is 5.32 Å². The maximum atomic E-state index is 12.1. The van der Waals surface area contributed by atoms with E-state index in [0.717, 1.165) is 13.0 Å². The molecule has 0 fully saturated rings. The van der Waals surface area contributed by atoms with Crippen molar-refractivity contribution in [2.75, 3.05) is 13.1 Å². The van der Waals surface area contributed by atoms with Crippen molar-refractivity contribution in [1.82, 2.24) is 10.2 Å². The van der Waals surface area contributed by atoms with Crippen molar-refractivity contribution in [2.45, 2.75) is 32.4 Å². The monoisotopic (exact) mass is 438 g/mol. The van der Waals surface area contributed by atoms with E-state index >= 15 is 0 Å². The number of halogens is 1. The summed E-state index contributed by atoms with van der Waals surface area (Å²) < 4.78 is 0. The van der Waals surface area contributed by atoms with Gasteiger partial charge < -0.3 is 15.5 Å². The van der Waals surface area contributed by atoms with Crippen LogP contribution in [0, 0.1) is 0 Å². The molecule has 3 rings (SSSR count). The first kappa shape index (κ1) is 22.9. The summed E-state index contributed by atoms with van der Waals surface area (Å²) in [6.45, 7) is 6.03. The standard InChI is InChI=1S/C18H21ClN2OS.C2H2O4/c1-12-11-15-7-10-23-17(15)13(2)21(12)9-8-20-18(22)14-3-5-16(19)6-4-14;3-1(4)2(5)6/h3-7,10,12-13H,8-9,11H2,1-2H3,(H,20,22);(H,3,4)(H,5,6). The summed E-state index contributed by atoms with van der Waals surface area (Å²) in [5.74, 6) is -3.69. The van der Waals surface area contributed by atoms with Gasteiger partial charge in [0.05, 0.1) is 0 Å². The molecule has 1 aliphatic rings. The fourth-order valence-electron chi connectivity index (χ4n) is 3.27. The van der Waals surface area contributed by atoms with Gasteiger partial charge in [-0.05, 0) is 61.5 Å². The van der Waals surface area contributed by atoms with Crippen LogP contribution in [0.5, 0.6) is 0 Å². The first-order valence-corrected chi connectivity index (χ1v) is 10.3. The Hall–Kier alpha value is -2.42. The Balaban J connectivity index is 0.000000438. The molecule has 7 nitrogen and oxygen atoms in total. The van der Waals surface area contributed by atoms with Gasteiger partial charge in [0.1, 0.15) is 0 Å². The number of nitrogens with zero attached hydrogens (tertiary/aromatic N) is 1. The van der Waals surface area contributed by atoms with Gasteiger partial charge in [-0.25, -0.2) is 9.59 Å². The predicted molar refractivity (Wildman–Crippen MR) is 112 cm³/mol. The van der Waals surface area contributed by atoms with Crippen LogP contribution >= 0.6 is 22.9 Å². The van der Waals surface area contributed by atoms with Gasteiger partial charge in [-0.1, -0.05) is 11.6 Å². The lowest BCUT2D eigenvalue weighted by molar-refractivity contribution is -0.159. The molecule has 0 saturated heterocycles. The predicted octanol–water partition coefficient (Wildman–Crippen LogP) is 3.29. The van der Waals surface area contributed by atoms with E-state index < -0.39 is 11.9 Å². The number of benzene rings is 1. The van der Waals surface area contributed by atoms with E-state index in [1.54, 1.807) is 24.3 Å². The van der Waals surface area contributed by atoms with E-state index in [0.29, 0.717) is 29.2 Å². The number of carboxylic acids is 2. The Morgan fingerprint density at radius 3 is 2.34 bits per heavy atom. The van der Waals surface area contributed by atoms with Crippen molar-refractivity contribution >= 4 is 40.8 Å². The lowest BCUT2D eigenvalue weighted by Crippen LogP contribution is -2.44. The summed E-state index contributed by atoms with van der Waals surface area (Å²) in [4.78, 5) is 34.3. The van der Waals surface area contributed by atoms with Crippen molar-refractivity contribution in [3.63, 3.8) is 0 Å². The third kappa shape index (κ3) is 6.28. The van der Waals surface area contributed by atoms with Crippen LogP contribution in [0.3, 0.4) is 0 Å². The molecule has 2 heterocycles. The maximum Gasteiger partial charge on any atom is 0.414 e. The minimum atomic E-state index is -1.82. The number of carbonyl (C=O) groups excluding carboxylic acids is 1. The highest BCUT2D eigenvalue weighted by atomic mass is 35.5. The summed E-state index contributed by atoms with van der Waals surface area (Å²) in [6.07, 6.45) is 1.09. The molecule has 9 heteroatoms. The van der Waals surface area contributed by atoms with Gasteiger partial charge in [-0.15, -0.1) is 11.3 Å². The van der Waals surface area contributed by atoms with E-state index in [4.69, 9.17) is 31.4 Å². The minimum Gasteiger partial charge on any atom is -0.473 e. The zero-order chi connectivity index (χ0) is 21.6. The van der Waals surface area contributed by atoms with Gasteiger partial charge in [-0.2, -0.15) is 0 Å². The van der Waals surface area contributed by atoms with Crippen LogP contribution in [0.2, 0.25) is 5.02 Å². The number of aliphatic carboxylic acids is 2. The third-order valence-electron chi connectivity index (χ3n) is 4.68. The van der Waals surface area contributed by atoms with Crippen LogP contribution in [0.4, 0.5) is 0 Å². The molecular weight excluding hydrogens is 416 g/mol. The highest BCUT2D eigenvalue weighted by Crippen LogP contribution is 2.35. The molecule has 0 bridgehead atoms. The molecule has 2 unspecified atom stereocenters. The smallest absolute Gasteiger partial charge is 0.414 e. The molecule has 2 atom stereocenters. The van der Waals surface area contributed by atoms with Crippen LogP contribution in [0.15, 0.2) is 35.7 Å². The van der Waals surface area contributed by atoms with Gasteiger partial charge in [-0.3, -0.25) is 9.69 Å². The minimum absolute atomic E-state index is 0.0456. The number of carboxylic acid groups (broad SMARTS) is 2. The lowest BCUT2D eigenvalue weighted by Gasteiger charge is -2.38. The maximum absolute atomic E-state index is 12.1. The van der Waals surface area contributed by atoms with Crippen LogP contribution in [-0.2, 0) is 16.0 Å². The fourth-order valence-corrected chi connectivity index (χ4v) is 4.41. The van der Waals surface area contributed by atoms with Crippen molar-refractivity contribution < 1.29 is 24.6 Å². The molecule has 2 aromatic rings. The first-order valence-electron chi connectivity index (χ1n) is 9.02. The number of thiophene rings is 1. The topological polar surface area (TPSA) is 107 Å². The molecule has 0 saturated carbocycles. The SMILES string of the molecule is CC1Cc2ccsc2C(C)N1CCNC(=O)c1ccc(Cl)cc1.O=C(O)C(=O)O. The first-order chi connectivity index (χ1) is 13.7. The number of hydrogen-bond donors (Lipinski definition) is 3. The molecule has 0 spiro atoms. The number of rotatable bonds is 4. The quantitative estimate of drug-likeness (QED) is 0.632. The number of hydrogen-bond acceptors (Lipinski definition) is 5. The third-order valence-corrected chi connectivity index (χ3v) is 6.07. The Morgan fingerprint density at radius 1 is 1.14 bits per heavy atom. The average Bonchev–Trinajstić information content (AvgIpc) is 3.13. The Morgan fingerprint density at radius 2 is 1.76 bits per heavy atom. The second-order valence-corrected chi connectivity index (χ2v) is 8.03. The van der Waals surface area contributed by atoms with Crippen LogP contribution in [0.1, 0.15) is 40.7 Å². The van der Waals surface area contributed by atoms with E-state index in [-0.39, 0.29) is 5.91 Å². The van der Waals surface area contributed by atoms with Crippen molar-refractivity contribution in [3.8, 4) is 0 Å². The molecule has 0 radical (unpaired) electrons. The van der Waals surface area contributed by atoms with E-state index in [1.165, 1.54) is 10.4 Å². The highest BCUT2D eigenvalue weighted by Gasteiger charge is 2.29.